The van der Waals surface area contributed by atoms with Gasteiger partial charge in [-0.3, -0.25) is 14.9 Å². The van der Waals surface area contributed by atoms with Crippen LogP contribution in [0.3, 0.4) is 0 Å². The lowest BCUT2D eigenvalue weighted by atomic mass is 10.1. The minimum Gasteiger partial charge on any atom is -0.393 e. The van der Waals surface area contributed by atoms with Crippen molar-refractivity contribution in [2.45, 2.75) is 24.5 Å². The summed E-state index contributed by atoms with van der Waals surface area (Å²) >= 11 is 1.88. The van der Waals surface area contributed by atoms with Crippen molar-refractivity contribution in [2.75, 3.05) is 18.0 Å². The van der Waals surface area contributed by atoms with Crippen molar-refractivity contribution in [1.29, 1.82) is 0 Å². The van der Waals surface area contributed by atoms with E-state index < -0.39 is 4.92 Å². The highest BCUT2D eigenvalue weighted by molar-refractivity contribution is 7.99. The molecule has 1 fully saturated rings. The number of anilines is 1. The largest absolute Gasteiger partial charge is 0.393 e. The van der Waals surface area contributed by atoms with Gasteiger partial charge in [0.05, 0.1) is 4.92 Å². The number of amides is 1. The van der Waals surface area contributed by atoms with E-state index in [2.05, 4.69) is 5.32 Å². The fourth-order valence-corrected chi connectivity index (χ4v) is 3.38. The molecule has 0 spiro atoms. The van der Waals surface area contributed by atoms with E-state index in [1.807, 2.05) is 11.8 Å². The van der Waals surface area contributed by atoms with E-state index in [0.29, 0.717) is 17.4 Å². The molecule has 1 atom stereocenters. The number of nitro benzene ring substituents is 1. The Morgan fingerprint density at radius 1 is 1.50 bits per heavy atom. The minimum absolute atomic E-state index is 0.00897. The second kappa shape index (κ2) is 6.60. The van der Waals surface area contributed by atoms with Crippen LogP contribution in [0.5, 0.6) is 0 Å². The fourth-order valence-electron chi connectivity index (χ4n) is 2.14. The smallest absolute Gasteiger partial charge is 0.292 e. The first-order valence-electron chi connectivity index (χ1n) is 6.51. The summed E-state index contributed by atoms with van der Waals surface area (Å²) < 4.78 is 0. The molecule has 6 nitrogen and oxygen atoms in total. The number of nitro groups is 1. The van der Waals surface area contributed by atoms with E-state index >= 15 is 0 Å². The summed E-state index contributed by atoms with van der Waals surface area (Å²) in [5.41, 5.74) is 5.76. The molecule has 0 radical (unpaired) electrons. The van der Waals surface area contributed by atoms with Crippen LogP contribution in [-0.4, -0.2) is 28.4 Å². The molecule has 1 aromatic carbocycles. The summed E-state index contributed by atoms with van der Waals surface area (Å²) in [6.07, 6.45) is 3.57. The van der Waals surface area contributed by atoms with Crippen LogP contribution in [0.1, 0.15) is 29.6 Å². The molecule has 20 heavy (non-hydrogen) atoms. The molecule has 0 saturated carbocycles. The Hall–Kier alpha value is -1.76. The molecule has 108 valence electrons. The van der Waals surface area contributed by atoms with Crippen molar-refractivity contribution in [1.82, 2.24) is 5.32 Å². The molecule has 1 unspecified atom stereocenters. The van der Waals surface area contributed by atoms with Gasteiger partial charge in [0.2, 0.25) is 0 Å². The molecule has 2 rings (SSSR count). The lowest BCUT2D eigenvalue weighted by molar-refractivity contribution is -0.383. The van der Waals surface area contributed by atoms with Crippen LogP contribution in [0, 0.1) is 10.1 Å². The Bertz CT molecular complexity index is 516. The number of carbonyl (C=O) groups is 1. The summed E-state index contributed by atoms with van der Waals surface area (Å²) in [4.78, 5) is 22.1. The summed E-state index contributed by atoms with van der Waals surface area (Å²) in [6, 6.07) is 4.04. The predicted octanol–water partition coefficient (Wildman–Crippen LogP) is 2.19. The number of hydrogen-bond acceptors (Lipinski definition) is 5. The molecule has 0 aromatic heterocycles. The highest BCUT2D eigenvalue weighted by Gasteiger charge is 2.17. The van der Waals surface area contributed by atoms with Crippen LogP contribution in [0.2, 0.25) is 0 Å². The Morgan fingerprint density at radius 2 is 2.30 bits per heavy atom. The van der Waals surface area contributed by atoms with Crippen LogP contribution in [0.25, 0.3) is 0 Å². The number of thioether (sulfide) groups is 1. The zero-order chi connectivity index (χ0) is 14.5. The van der Waals surface area contributed by atoms with Gasteiger partial charge in [-0.25, -0.2) is 0 Å². The number of nitrogens with one attached hydrogen (secondary N) is 1. The molecule has 1 aliphatic rings. The molecule has 1 aromatic rings. The molecule has 3 N–H and O–H groups in total. The van der Waals surface area contributed by atoms with E-state index in [1.165, 1.54) is 31.0 Å². The van der Waals surface area contributed by atoms with Crippen LogP contribution in [0.4, 0.5) is 11.4 Å². The number of rotatable bonds is 4. The lowest BCUT2D eigenvalue weighted by Crippen LogP contribution is -2.31. The standard InChI is InChI=1S/C13H17N3O3S/c14-11-7-9(4-5-12(11)16(18)19)13(17)15-8-10-3-1-2-6-20-10/h4-5,7,10H,1-3,6,8,14H2,(H,15,17). The van der Waals surface area contributed by atoms with Crippen LogP contribution >= 0.6 is 11.8 Å². The number of hydrogen-bond donors (Lipinski definition) is 2. The first-order chi connectivity index (χ1) is 9.58. The lowest BCUT2D eigenvalue weighted by Gasteiger charge is -2.21. The van der Waals surface area contributed by atoms with Gasteiger partial charge in [-0.1, -0.05) is 6.42 Å². The Kier molecular flexibility index (Phi) is 4.84. The number of benzene rings is 1. The van der Waals surface area contributed by atoms with E-state index in [9.17, 15) is 14.9 Å². The van der Waals surface area contributed by atoms with Crippen molar-refractivity contribution < 1.29 is 9.72 Å². The summed E-state index contributed by atoms with van der Waals surface area (Å²) in [7, 11) is 0. The fraction of sp³-hybridized carbons (Fsp3) is 0.462. The maximum atomic E-state index is 12.0. The zero-order valence-electron chi connectivity index (χ0n) is 11.0. The molecule has 1 amide bonds. The van der Waals surface area contributed by atoms with E-state index in [-0.39, 0.29) is 17.3 Å². The van der Waals surface area contributed by atoms with Gasteiger partial charge in [-0.2, -0.15) is 11.8 Å². The van der Waals surface area contributed by atoms with Crippen molar-refractivity contribution >= 4 is 29.0 Å². The zero-order valence-corrected chi connectivity index (χ0v) is 11.8. The predicted molar refractivity (Wildman–Crippen MR) is 79.9 cm³/mol. The summed E-state index contributed by atoms with van der Waals surface area (Å²) in [5, 5.41) is 14.0. The second-order valence-electron chi connectivity index (χ2n) is 4.73. The van der Waals surface area contributed by atoms with Gasteiger partial charge in [0.15, 0.2) is 0 Å². The molecule has 1 aliphatic heterocycles. The van der Waals surface area contributed by atoms with Crippen molar-refractivity contribution in [2.24, 2.45) is 0 Å². The Morgan fingerprint density at radius 3 is 2.90 bits per heavy atom. The van der Waals surface area contributed by atoms with Gasteiger partial charge in [0.25, 0.3) is 11.6 Å². The first kappa shape index (κ1) is 14.6. The molecule has 1 saturated heterocycles. The van der Waals surface area contributed by atoms with Crippen molar-refractivity contribution in [3.05, 3.63) is 33.9 Å². The average molecular weight is 295 g/mol. The Labute approximate surface area is 121 Å². The van der Waals surface area contributed by atoms with Gasteiger partial charge in [-0.15, -0.1) is 0 Å². The van der Waals surface area contributed by atoms with Gasteiger partial charge >= 0.3 is 0 Å². The third kappa shape index (κ3) is 3.63. The minimum atomic E-state index is -0.560. The molecular weight excluding hydrogens is 278 g/mol. The van der Waals surface area contributed by atoms with Gasteiger partial charge in [0.1, 0.15) is 5.69 Å². The number of nitrogens with zero attached hydrogens (tertiary/aromatic N) is 1. The number of carbonyl (C=O) groups excluding carboxylic acids is 1. The second-order valence-corrected chi connectivity index (χ2v) is 6.14. The Balaban J connectivity index is 1.95. The molecule has 7 heteroatoms. The molecule has 0 aliphatic carbocycles. The molecule has 1 heterocycles. The monoisotopic (exact) mass is 295 g/mol. The van der Waals surface area contributed by atoms with E-state index in [1.54, 1.807) is 0 Å². The molecule has 0 bridgehead atoms. The quantitative estimate of drug-likeness (QED) is 0.504. The van der Waals surface area contributed by atoms with E-state index in [4.69, 9.17) is 5.73 Å². The number of nitrogen functional groups attached to an aromatic ring is 1. The maximum Gasteiger partial charge on any atom is 0.292 e. The van der Waals surface area contributed by atoms with Gasteiger partial charge in [0, 0.05) is 23.4 Å². The third-order valence-corrected chi connectivity index (χ3v) is 4.65. The van der Waals surface area contributed by atoms with Crippen molar-refractivity contribution in [3.8, 4) is 0 Å². The number of nitrogens with two attached hydrogens (primary N) is 1. The van der Waals surface area contributed by atoms with Crippen LogP contribution in [0.15, 0.2) is 18.2 Å². The molecular formula is C13H17N3O3S. The summed E-state index contributed by atoms with van der Waals surface area (Å²) in [6.45, 7) is 0.625. The topological polar surface area (TPSA) is 98.3 Å². The average Bonchev–Trinajstić information content (AvgIpc) is 2.45. The normalized spacial score (nSPS) is 18.5. The van der Waals surface area contributed by atoms with Crippen LogP contribution < -0.4 is 11.1 Å². The summed E-state index contributed by atoms with van der Waals surface area (Å²) in [5.74, 6) is 0.906. The van der Waals surface area contributed by atoms with Gasteiger partial charge in [-0.05, 0) is 30.7 Å². The SMILES string of the molecule is Nc1cc(C(=O)NCC2CCCCS2)ccc1[N+](=O)[O-]. The van der Waals surface area contributed by atoms with E-state index in [0.717, 1.165) is 12.2 Å². The van der Waals surface area contributed by atoms with Gasteiger partial charge < -0.3 is 11.1 Å². The maximum absolute atomic E-state index is 12.0. The third-order valence-electron chi connectivity index (χ3n) is 3.25. The highest BCUT2D eigenvalue weighted by atomic mass is 32.2. The highest BCUT2D eigenvalue weighted by Crippen LogP contribution is 2.25. The van der Waals surface area contributed by atoms with Crippen LogP contribution in [-0.2, 0) is 0 Å². The first-order valence-corrected chi connectivity index (χ1v) is 7.56. The van der Waals surface area contributed by atoms with Crippen molar-refractivity contribution in [3.63, 3.8) is 0 Å².